The first-order valence-electron chi connectivity index (χ1n) is 5.41. The molecule has 0 fully saturated rings. The van der Waals surface area contributed by atoms with Crippen LogP contribution in [0.2, 0.25) is 0 Å². The maximum absolute atomic E-state index is 9.70. The second-order valence-electron chi connectivity index (χ2n) is 3.71. The highest BCUT2D eigenvalue weighted by atomic mass is 32.2. The van der Waals surface area contributed by atoms with Gasteiger partial charge in [-0.05, 0) is 37.2 Å². The topological polar surface area (TPSA) is 20.2 Å². The third-order valence-electron chi connectivity index (χ3n) is 2.65. The van der Waals surface area contributed by atoms with E-state index in [0.29, 0.717) is 0 Å². The summed E-state index contributed by atoms with van der Waals surface area (Å²) in [5.74, 6) is 1.91. The molecule has 0 aliphatic rings. The van der Waals surface area contributed by atoms with Crippen molar-refractivity contribution in [2.24, 2.45) is 5.92 Å². The Labute approximate surface area is 87.3 Å². The summed E-state index contributed by atoms with van der Waals surface area (Å²) in [6.07, 6.45) is 7.61. The van der Waals surface area contributed by atoms with Gasteiger partial charge in [0.15, 0.2) is 0 Å². The molecule has 0 heterocycles. The summed E-state index contributed by atoms with van der Waals surface area (Å²) in [4.78, 5) is 0. The highest BCUT2D eigenvalue weighted by Gasteiger charge is 2.10. The SMILES string of the molecule is CCC(CC)CC(O)CCCSC. The Bertz CT molecular complexity index is 102. The van der Waals surface area contributed by atoms with Gasteiger partial charge in [-0.1, -0.05) is 26.7 Å². The van der Waals surface area contributed by atoms with Crippen LogP contribution in [0.1, 0.15) is 46.0 Å². The molecule has 2 heteroatoms. The maximum atomic E-state index is 9.70. The van der Waals surface area contributed by atoms with Crippen LogP contribution < -0.4 is 0 Å². The van der Waals surface area contributed by atoms with E-state index >= 15 is 0 Å². The second kappa shape index (κ2) is 8.89. The zero-order chi connectivity index (χ0) is 10.1. The Morgan fingerprint density at radius 3 is 2.31 bits per heavy atom. The number of thioether (sulfide) groups is 1. The first-order valence-corrected chi connectivity index (χ1v) is 6.80. The zero-order valence-corrected chi connectivity index (χ0v) is 10.1. The van der Waals surface area contributed by atoms with Gasteiger partial charge in [0.25, 0.3) is 0 Å². The van der Waals surface area contributed by atoms with Crippen LogP contribution in [0.4, 0.5) is 0 Å². The van der Waals surface area contributed by atoms with Gasteiger partial charge in [-0.15, -0.1) is 0 Å². The lowest BCUT2D eigenvalue weighted by Gasteiger charge is -2.16. The monoisotopic (exact) mass is 204 g/mol. The Hall–Kier alpha value is 0.310. The van der Waals surface area contributed by atoms with E-state index in [2.05, 4.69) is 20.1 Å². The van der Waals surface area contributed by atoms with E-state index in [4.69, 9.17) is 0 Å². The zero-order valence-electron chi connectivity index (χ0n) is 9.25. The van der Waals surface area contributed by atoms with Crippen molar-refractivity contribution in [1.82, 2.24) is 0 Å². The van der Waals surface area contributed by atoms with Crippen molar-refractivity contribution in [3.8, 4) is 0 Å². The van der Waals surface area contributed by atoms with Gasteiger partial charge in [0, 0.05) is 0 Å². The quantitative estimate of drug-likeness (QED) is 0.612. The summed E-state index contributed by atoms with van der Waals surface area (Å²) < 4.78 is 0. The molecular weight excluding hydrogens is 180 g/mol. The Kier molecular flexibility index (Phi) is 9.10. The fourth-order valence-electron chi connectivity index (χ4n) is 1.59. The van der Waals surface area contributed by atoms with Crippen LogP contribution in [-0.2, 0) is 0 Å². The lowest BCUT2D eigenvalue weighted by atomic mass is 9.94. The van der Waals surface area contributed by atoms with Crippen LogP contribution in [0, 0.1) is 5.92 Å². The van der Waals surface area contributed by atoms with Gasteiger partial charge in [-0.3, -0.25) is 0 Å². The number of hydrogen-bond acceptors (Lipinski definition) is 2. The van der Waals surface area contributed by atoms with Gasteiger partial charge in [-0.25, -0.2) is 0 Å². The number of aliphatic hydroxyl groups excluding tert-OH is 1. The lowest BCUT2D eigenvalue weighted by Crippen LogP contribution is -2.12. The van der Waals surface area contributed by atoms with Gasteiger partial charge < -0.3 is 5.11 Å². The minimum Gasteiger partial charge on any atom is -0.393 e. The summed E-state index contributed by atoms with van der Waals surface area (Å²) in [7, 11) is 0. The van der Waals surface area contributed by atoms with Gasteiger partial charge in [-0.2, -0.15) is 11.8 Å². The summed E-state index contributed by atoms with van der Waals surface area (Å²) in [6.45, 7) is 4.42. The molecule has 0 aliphatic heterocycles. The minimum absolute atomic E-state index is 0.0583. The number of rotatable bonds is 8. The smallest absolute Gasteiger partial charge is 0.0543 e. The molecule has 0 aromatic heterocycles. The van der Waals surface area contributed by atoms with Crippen molar-refractivity contribution in [3.05, 3.63) is 0 Å². The van der Waals surface area contributed by atoms with Gasteiger partial charge in [0.2, 0.25) is 0 Å². The number of aliphatic hydroxyl groups is 1. The summed E-state index contributed by atoms with van der Waals surface area (Å²) in [5, 5.41) is 9.70. The van der Waals surface area contributed by atoms with Crippen LogP contribution in [0.25, 0.3) is 0 Å². The largest absolute Gasteiger partial charge is 0.393 e. The third kappa shape index (κ3) is 7.39. The van der Waals surface area contributed by atoms with Crippen LogP contribution in [0.15, 0.2) is 0 Å². The van der Waals surface area contributed by atoms with Crippen molar-refractivity contribution in [2.75, 3.05) is 12.0 Å². The Balaban J connectivity index is 3.42. The molecule has 0 aromatic carbocycles. The van der Waals surface area contributed by atoms with E-state index in [1.807, 2.05) is 11.8 Å². The van der Waals surface area contributed by atoms with Crippen molar-refractivity contribution >= 4 is 11.8 Å². The molecule has 0 rings (SSSR count). The van der Waals surface area contributed by atoms with Gasteiger partial charge >= 0.3 is 0 Å². The van der Waals surface area contributed by atoms with Crippen LogP contribution in [0.5, 0.6) is 0 Å². The van der Waals surface area contributed by atoms with E-state index < -0.39 is 0 Å². The molecular formula is C11H24OS. The maximum Gasteiger partial charge on any atom is 0.0543 e. The predicted octanol–water partition coefficient (Wildman–Crippen LogP) is 3.32. The third-order valence-corrected chi connectivity index (χ3v) is 3.34. The van der Waals surface area contributed by atoms with E-state index in [1.54, 1.807) is 0 Å². The van der Waals surface area contributed by atoms with Gasteiger partial charge in [0.05, 0.1) is 6.10 Å². The Morgan fingerprint density at radius 1 is 1.23 bits per heavy atom. The fraction of sp³-hybridized carbons (Fsp3) is 1.00. The first-order chi connectivity index (χ1) is 6.24. The van der Waals surface area contributed by atoms with E-state index in [9.17, 15) is 5.11 Å². The van der Waals surface area contributed by atoms with Gasteiger partial charge in [0.1, 0.15) is 0 Å². The molecule has 80 valence electrons. The van der Waals surface area contributed by atoms with E-state index in [-0.39, 0.29) is 6.10 Å². The molecule has 0 saturated heterocycles. The first kappa shape index (κ1) is 13.3. The van der Waals surface area contributed by atoms with Crippen LogP contribution in [0.3, 0.4) is 0 Å². The summed E-state index contributed by atoms with van der Waals surface area (Å²) in [6, 6.07) is 0. The molecule has 0 amide bonds. The average molecular weight is 204 g/mol. The minimum atomic E-state index is -0.0583. The predicted molar refractivity (Wildman–Crippen MR) is 62.3 cm³/mol. The second-order valence-corrected chi connectivity index (χ2v) is 4.69. The standard InChI is InChI=1S/C11H24OS/c1-4-10(5-2)9-11(12)7-6-8-13-3/h10-12H,4-9H2,1-3H3. The summed E-state index contributed by atoms with van der Waals surface area (Å²) in [5.41, 5.74) is 0. The molecule has 0 bridgehead atoms. The molecule has 1 N–H and O–H groups in total. The Morgan fingerprint density at radius 2 is 1.85 bits per heavy atom. The highest BCUT2D eigenvalue weighted by molar-refractivity contribution is 7.98. The molecule has 1 atom stereocenters. The van der Waals surface area contributed by atoms with Crippen molar-refractivity contribution in [1.29, 1.82) is 0 Å². The normalized spacial score (nSPS) is 13.6. The van der Waals surface area contributed by atoms with E-state index in [1.165, 1.54) is 18.6 Å². The van der Waals surface area contributed by atoms with Crippen molar-refractivity contribution < 1.29 is 5.11 Å². The summed E-state index contributed by atoms with van der Waals surface area (Å²) >= 11 is 1.86. The van der Waals surface area contributed by atoms with Crippen LogP contribution >= 0.6 is 11.8 Å². The van der Waals surface area contributed by atoms with Crippen molar-refractivity contribution in [3.63, 3.8) is 0 Å². The molecule has 0 saturated carbocycles. The molecule has 0 aromatic rings. The van der Waals surface area contributed by atoms with Crippen molar-refractivity contribution in [2.45, 2.75) is 52.1 Å². The molecule has 1 unspecified atom stereocenters. The average Bonchev–Trinajstić information content (AvgIpc) is 2.14. The van der Waals surface area contributed by atoms with E-state index in [0.717, 1.165) is 25.2 Å². The highest BCUT2D eigenvalue weighted by Crippen LogP contribution is 2.17. The molecule has 0 radical (unpaired) electrons. The molecule has 13 heavy (non-hydrogen) atoms. The number of hydrogen-bond donors (Lipinski definition) is 1. The fourth-order valence-corrected chi connectivity index (χ4v) is 2.04. The molecule has 1 nitrogen and oxygen atoms in total. The lowest BCUT2D eigenvalue weighted by molar-refractivity contribution is 0.130. The molecule has 0 aliphatic carbocycles. The molecule has 0 spiro atoms. The van der Waals surface area contributed by atoms with Crippen LogP contribution in [-0.4, -0.2) is 23.2 Å².